The third-order valence-electron chi connectivity index (χ3n) is 4.65. The van der Waals surface area contributed by atoms with Crippen molar-refractivity contribution in [1.29, 1.82) is 0 Å². The van der Waals surface area contributed by atoms with Gasteiger partial charge in [-0.3, -0.25) is 9.59 Å². The Morgan fingerprint density at radius 2 is 1.78 bits per heavy atom. The molecule has 7 heteroatoms. The zero-order valence-corrected chi connectivity index (χ0v) is 17.5. The number of hydrogen-bond donors (Lipinski definition) is 0. The number of benzene rings is 2. The van der Waals surface area contributed by atoms with Crippen LogP contribution in [0.15, 0.2) is 60.6 Å². The van der Waals surface area contributed by atoms with Crippen LogP contribution in [0.2, 0.25) is 0 Å². The van der Waals surface area contributed by atoms with Gasteiger partial charge >= 0.3 is 0 Å². The van der Waals surface area contributed by atoms with E-state index in [1.807, 2.05) is 24.3 Å². The van der Waals surface area contributed by atoms with Gasteiger partial charge in [0.2, 0.25) is 5.76 Å². The van der Waals surface area contributed by atoms with Gasteiger partial charge in [-0.1, -0.05) is 44.0 Å². The summed E-state index contributed by atoms with van der Waals surface area (Å²) >= 11 is 6.82. The fourth-order valence-electron chi connectivity index (χ4n) is 3.40. The van der Waals surface area contributed by atoms with E-state index < -0.39 is 6.04 Å². The topological polar surface area (TPSA) is 59.8 Å². The zero-order chi connectivity index (χ0) is 19.1. The molecule has 0 saturated carbocycles. The second-order valence-corrected chi connectivity index (χ2v) is 8.09. The van der Waals surface area contributed by atoms with Crippen LogP contribution < -0.4 is 5.43 Å². The Morgan fingerprint density at radius 1 is 1.07 bits per heavy atom. The summed E-state index contributed by atoms with van der Waals surface area (Å²) in [4.78, 5) is 28.0. The Hall–Kier alpha value is -1.96. The quantitative estimate of drug-likeness (QED) is 0.537. The molecule has 1 aliphatic heterocycles. The van der Waals surface area contributed by atoms with Crippen LogP contribution in [0.3, 0.4) is 0 Å². The predicted octanol–water partition coefficient (Wildman–Crippen LogP) is 4.51. The summed E-state index contributed by atoms with van der Waals surface area (Å²) in [6, 6.07) is 12.3. The summed E-state index contributed by atoms with van der Waals surface area (Å²) in [5.74, 6) is -0.185. The van der Waals surface area contributed by atoms with Crippen LogP contribution in [0, 0.1) is 0 Å². The van der Waals surface area contributed by atoms with Gasteiger partial charge < -0.3 is 14.1 Å². The van der Waals surface area contributed by atoms with Crippen LogP contribution in [-0.2, 0) is 4.74 Å². The Labute approximate surface area is 172 Å². The molecule has 2 aromatic carbocycles. The first kappa shape index (κ1) is 18.4. The lowest BCUT2D eigenvalue weighted by atomic mass is 9.98. The number of ether oxygens (including phenoxy) is 1. The van der Waals surface area contributed by atoms with E-state index in [0.29, 0.717) is 29.7 Å². The molecular weight excluding hydrogens is 478 g/mol. The first-order chi connectivity index (χ1) is 13.0. The van der Waals surface area contributed by atoms with E-state index in [9.17, 15) is 9.59 Å². The summed E-state index contributed by atoms with van der Waals surface area (Å²) in [7, 11) is 1.58. The second-order valence-electron chi connectivity index (χ2n) is 6.26. The lowest BCUT2D eigenvalue weighted by Crippen LogP contribution is -2.32. The number of carbonyl (C=O) groups is 1. The molecule has 3 aromatic rings. The van der Waals surface area contributed by atoms with Crippen molar-refractivity contribution in [1.82, 2.24) is 4.90 Å². The average Bonchev–Trinajstić information content (AvgIpc) is 2.94. The third kappa shape index (κ3) is 3.13. The van der Waals surface area contributed by atoms with Crippen LogP contribution in [-0.4, -0.2) is 31.1 Å². The maximum atomic E-state index is 13.3. The molecule has 1 unspecified atom stereocenters. The third-order valence-corrected chi connectivity index (χ3v) is 5.67. The van der Waals surface area contributed by atoms with E-state index in [0.717, 1.165) is 14.5 Å². The van der Waals surface area contributed by atoms with Crippen LogP contribution >= 0.6 is 31.9 Å². The lowest BCUT2D eigenvalue weighted by Gasteiger charge is -2.24. The minimum atomic E-state index is -0.504. The number of methoxy groups -OCH3 is 1. The highest BCUT2D eigenvalue weighted by Crippen LogP contribution is 2.38. The predicted molar refractivity (Wildman–Crippen MR) is 109 cm³/mol. The van der Waals surface area contributed by atoms with Gasteiger partial charge in [-0.05, 0) is 35.9 Å². The van der Waals surface area contributed by atoms with Crippen LogP contribution in [0.25, 0.3) is 11.0 Å². The normalized spacial score (nSPS) is 16.2. The molecule has 0 N–H and O–H groups in total. The highest BCUT2D eigenvalue weighted by molar-refractivity contribution is 9.10. The van der Waals surface area contributed by atoms with E-state index in [2.05, 4.69) is 31.9 Å². The summed E-state index contributed by atoms with van der Waals surface area (Å²) in [5, 5.41) is 0.451. The molecule has 1 aromatic heterocycles. The van der Waals surface area contributed by atoms with Crippen molar-refractivity contribution in [3.63, 3.8) is 0 Å². The van der Waals surface area contributed by atoms with Gasteiger partial charge in [-0.2, -0.15) is 0 Å². The zero-order valence-electron chi connectivity index (χ0n) is 14.4. The molecule has 0 bridgehead atoms. The number of halogens is 2. The second kappa shape index (κ2) is 7.22. The fourth-order valence-corrected chi connectivity index (χ4v) is 4.03. The monoisotopic (exact) mass is 491 g/mol. The maximum Gasteiger partial charge on any atom is 0.290 e. The largest absolute Gasteiger partial charge is 0.450 e. The molecule has 1 aliphatic rings. The van der Waals surface area contributed by atoms with Crippen molar-refractivity contribution < 1.29 is 13.9 Å². The minimum Gasteiger partial charge on any atom is -0.450 e. The number of amides is 1. The maximum absolute atomic E-state index is 13.3. The fraction of sp³-hybridized carbons (Fsp3) is 0.200. The number of hydrogen-bond acceptors (Lipinski definition) is 4. The Morgan fingerprint density at radius 3 is 2.48 bits per heavy atom. The van der Waals surface area contributed by atoms with Crippen molar-refractivity contribution in [2.24, 2.45) is 0 Å². The van der Waals surface area contributed by atoms with Crippen molar-refractivity contribution >= 4 is 48.7 Å². The molecule has 0 fully saturated rings. The van der Waals surface area contributed by atoms with Gasteiger partial charge in [-0.15, -0.1) is 0 Å². The molecule has 0 radical (unpaired) electrons. The Kier molecular flexibility index (Phi) is 4.92. The van der Waals surface area contributed by atoms with E-state index in [1.165, 1.54) is 0 Å². The first-order valence-corrected chi connectivity index (χ1v) is 9.91. The summed E-state index contributed by atoms with van der Waals surface area (Å²) in [5.41, 5.74) is 1.44. The average molecular weight is 493 g/mol. The van der Waals surface area contributed by atoms with Crippen molar-refractivity contribution in [2.45, 2.75) is 6.04 Å². The minimum absolute atomic E-state index is 0.110. The van der Waals surface area contributed by atoms with Crippen molar-refractivity contribution in [3.05, 3.63) is 78.5 Å². The molecule has 138 valence electrons. The van der Waals surface area contributed by atoms with Crippen molar-refractivity contribution in [2.75, 3.05) is 20.3 Å². The van der Waals surface area contributed by atoms with E-state index >= 15 is 0 Å². The molecule has 4 rings (SSSR count). The summed E-state index contributed by atoms with van der Waals surface area (Å²) in [6.07, 6.45) is 0. The van der Waals surface area contributed by atoms with Crippen LogP contribution in [0.1, 0.15) is 27.7 Å². The van der Waals surface area contributed by atoms with Crippen molar-refractivity contribution in [3.8, 4) is 0 Å². The summed E-state index contributed by atoms with van der Waals surface area (Å²) < 4.78 is 12.7. The standard InChI is InChI=1S/C20H15Br2NO4/c1-26-9-8-23-17(11-2-4-12(21)5-3-11)16-18(24)14-10-13(22)6-7-15(14)27-19(16)20(23)25/h2-7,10,17H,8-9H2,1H3. The van der Waals surface area contributed by atoms with Gasteiger partial charge in [0, 0.05) is 22.6 Å². The smallest absolute Gasteiger partial charge is 0.290 e. The Bertz CT molecular complexity index is 1090. The van der Waals surface area contributed by atoms with Gasteiger partial charge in [-0.25, -0.2) is 0 Å². The molecular formula is C20H15Br2NO4. The highest BCUT2D eigenvalue weighted by atomic mass is 79.9. The molecule has 0 saturated heterocycles. The molecule has 1 atom stereocenters. The number of carbonyl (C=O) groups excluding carboxylic acids is 1. The molecule has 0 aliphatic carbocycles. The van der Waals surface area contributed by atoms with Crippen LogP contribution in [0.4, 0.5) is 0 Å². The molecule has 0 spiro atoms. The molecule has 27 heavy (non-hydrogen) atoms. The molecule has 5 nitrogen and oxygen atoms in total. The SMILES string of the molecule is COCCN1C(=O)c2oc3ccc(Br)cc3c(=O)c2C1c1ccc(Br)cc1. The number of rotatable bonds is 4. The molecule has 2 heterocycles. The summed E-state index contributed by atoms with van der Waals surface area (Å²) in [6.45, 7) is 0.728. The highest BCUT2D eigenvalue weighted by Gasteiger charge is 2.42. The molecule has 1 amide bonds. The number of nitrogens with zero attached hydrogens (tertiary/aromatic N) is 1. The Balaban J connectivity index is 1.97. The van der Waals surface area contributed by atoms with Gasteiger partial charge in [0.05, 0.1) is 23.6 Å². The first-order valence-electron chi connectivity index (χ1n) is 8.33. The van der Waals surface area contributed by atoms with E-state index in [4.69, 9.17) is 9.15 Å². The van der Waals surface area contributed by atoms with E-state index in [1.54, 1.807) is 30.2 Å². The number of fused-ring (bicyclic) bond motifs is 2. The van der Waals surface area contributed by atoms with E-state index in [-0.39, 0.29) is 17.1 Å². The van der Waals surface area contributed by atoms with Gasteiger partial charge in [0.15, 0.2) is 5.43 Å². The lowest BCUT2D eigenvalue weighted by molar-refractivity contribution is 0.0663. The van der Waals surface area contributed by atoms with Gasteiger partial charge in [0.25, 0.3) is 5.91 Å². The van der Waals surface area contributed by atoms with Crippen LogP contribution in [0.5, 0.6) is 0 Å². The van der Waals surface area contributed by atoms with Gasteiger partial charge in [0.1, 0.15) is 5.58 Å².